The maximum atomic E-state index is 9.77. The topological polar surface area (TPSA) is 45.1 Å². The highest BCUT2D eigenvalue weighted by atomic mass is 16.3. The third kappa shape index (κ3) is 3.49. The van der Waals surface area contributed by atoms with Crippen LogP contribution in [0.4, 0.5) is 5.82 Å². The van der Waals surface area contributed by atoms with Crippen molar-refractivity contribution in [1.82, 2.24) is 4.98 Å². The minimum atomic E-state index is -0.406. The van der Waals surface area contributed by atoms with Gasteiger partial charge in [-0.3, -0.25) is 0 Å². The fourth-order valence-corrected chi connectivity index (χ4v) is 1.60. The maximum Gasteiger partial charge on any atom is 0.126 e. The second-order valence-corrected chi connectivity index (χ2v) is 5.17. The molecule has 0 fully saturated rings. The van der Waals surface area contributed by atoms with Gasteiger partial charge in [-0.15, -0.1) is 0 Å². The average molecular weight is 222 g/mol. The zero-order valence-electron chi connectivity index (χ0n) is 10.8. The summed E-state index contributed by atoms with van der Waals surface area (Å²) in [4.78, 5) is 4.46. The first-order valence-electron chi connectivity index (χ1n) is 5.77. The Balaban J connectivity index is 2.91. The van der Waals surface area contributed by atoms with Gasteiger partial charge in [0.2, 0.25) is 0 Å². The number of nitrogens with zero attached hydrogens (tertiary/aromatic N) is 1. The summed E-state index contributed by atoms with van der Waals surface area (Å²) in [6.07, 6.45) is 0.311. The summed E-state index contributed by atoms with van der Waals surface area (Å²) < 4.78 is 0. The lowest BCUT2D eigenvalue weighted by Gasteiger charge is -2.22. The van der Waals surface area contributed by atoms with Crippen molar-refractivity contribution in [2.75, 3.05) is 5.32 Å². The highest BCUT2D eigenvalue weighted by molar-refractivity contribution is 5.41. The first-order valence-corrected chi connectivity index (χ1v) is 5.77. The molecule has 3 heteroatoms. The quantitative estimate of drug-likeness (QED) is 0.826. The summed E-state index contributed by atoms with van der Waals surface area (Å²) >= 11 is 0. The molecule has 1 aromatic rings. The molecule has 0 spiro atoms. The number of aryl methyl sites for hydroxylation is 1. The van der Waals surface area contributed by atoms with Crippen LogP contribution in [0.5, 0.6) is 0 Å². The highest BCUT2D eigenvalue weighted by Gasteiger charge is 2.13. The Morgan fingerprint density at radius 3 is 2.44 bits per heavy atom. The van der Waals surface area contributed by atoms with Crippen LogP contribution in [0.15, 0.2) is 12.1 Å². The lowest BCUT2D eigenvalue weighted by Crippen LogP contribution is -2.26. The van der Waals surface area contributed by atoms with Crippen LogP contribution in [0.25, 0.3) is 0 Å². The number of hydrogen-bond acceptors (Lipinski definition) is 3. The molecule has 0 aliphatic rings. The van der Waals surface area contributed by atoms with E-state index in [4.69, 9.17) is 0 Å². The standard InChI is InChI=1S/C13H22N2O/c1-6-11(16)10-7-8-12(14-9(10)2)15-13(3,4)5/h7-8,11,16H,6H2,1-5H3,(H,14,15)/t11-/m1/s1. The van der Waals surface area contributed by atoms with Crippen LogP contribution in [0.1, 0.15) is 51.5 Å². The first-order chi connectivity index (χ1) is 7.33. The van der Waals surface area contributed by atoms with Gasteiger partial charge in [0, 0.05) is 16.8 Å². The minimum absolute atomic E-state index is 0.00429. The molecule has 3 nitrogen and oxygen atoms in total. The normalized spacial score (nSPS) is 13.6. The molecule has 0 saturated carbocycles. The van der Waals surface area contributed by atoms with Crippen LogP contribution >= 0.6 is 0 Å². The number of nitrogens with one attached hydrogen (secondary N) is 1. The van der Waals surface area contributed by atoms with Crippen molar-refractivity contribution in [2.45, 2.75) is 52.7 Å². The third-order valence-corrected chi connectivity index (χ3v) is 2.38. The van der Waals surface area contributed by atoms with Crippen LogP contribution in [-0.4, -0.2) is 15.6 Å². The Labute approximate surface area is 97.9 Å². The van der Waals surface area contributed by atoms with Gasteiger partial charge < -0.3 is 10.4 Å². The van der Waals surface area contributed by atoms with Crippen LogP contribution in [0, 0.1) is 6.92 Å². The van der Waals surface area contributed by atoms with Gasteiger partial charge in [0.25, 0.3) is 0 Å². The molecule has 0 aliphatic heterocycles. The number of hydrogen-bond donors (Lipinski definition) is 2. The molecule has 2 N–H and O–H groups in total. The van der Waals surface area contributed by atoms with Gasteiger partial charge in [0.1, 0.15) is 5.82 Å². The number of pyridine rings is 1. The van der Waals surface area contributed by atoms with Gasteiger partial charge in [0.05, 0.1) is 6.10 Å². The molecule has 1 rings (SSSR count). The second-order valence-electron chi connectivity index (χ2n) is 5.17. The second kappa shape index (κ2) is 4.83. The summed E-state index contributed by atoms with van der Waals surface area (Å²) in [5.74, 6) is 0.858. The average Bonchev–Trinajstić information content (AvgIpc) is 2.14. The number of aliphatic hydroxyl groups is 1. The van der Waals surface area contributed by atoms with E-state index in [1.54, 1.807) is 0 Å². The summed E-state index contributed by atoms with van der Waals surface area (Å²) in [6, 6.07) is 3.87. The molecule has 0 bridgehead atoms. The molecular formula is C13H22N2O. The molecule has 1 atom stereocenters. The molecule has 90 valence electrons. The molecule has 0 saturated heterocycles. The van der Waals surface area contributed by atoms with Crippen molar-refractivity contribution >= 4 is 5.82 Å². The lowest BCUT2D eigenvalue weighted by atomic mass is 10.1. The van der Waals surface area contributed by atoms with E-state index in [2.05, 4.69) is 31.1 Å². The molecular weight excluding hydrogens is 200 g/mol. The Morgan fingerprint density at radius 1 is 1.38 bits per heavy atom. The number of rotatable bonds is 3. The fraction of sp³-hybridized carbons (Fsp3) is 0.615. The van der Waals surface area contributed by atoms with E-state index < -0.39 is 6.10 Å². The molecule has 16 heavy (non-hydrogen) atoms. The summed E-state index contributed by atoms with van der Waals surface area (Å²) in [5.41, 5.74) is 1.81. The Morgan fingerprint density at radius 2 is 2.00 bits per heavy atom. The SMILES string of the molecule is CC[C@@H](O)c1ccc(NC(C)(C)C)nc1C. The van der Waals surface area contributed by atoms with Crippen LogP contribution < -0.4 is 5.32 Å². The molecule has 1 heterocycles. The van der Waals surface area contributed by atoms with E-state index in [0.29, 0.717) is 6.42 Å². The monoisotopic (exact) mass is 222 g/mol. The summed E-state index contributed by atoms with van der Waals surface area (Å²) in [6.45, 7) is 10.2. The number of anilines is 1. The van der Waals surface area contributed by atoms with E-state index in [1.807, 2.05) is 26.0 Å². The van der Waals surface area contributed by atoms with E-state index in [0.717, 1.165) is 17.1 Å². The zero-order chi connectivity index (χ0) is 12.3. The van der Waals surface area contributed by atoms with Gasteiger partial charge >= 0.3 is 0 Å². The Bertz CT molecular complexity index is 355. The van der Waals surface area contributed by atoms with Crippen molar-refractivity contribution in [3.05, 3.63) is 23.4 Å². The smallest absolute Gasteiger partial charge is 0.126 e. The molecule has 0 radical (unpaired) electrons. The van der Waals surface area contributed by atoms with E-state index >= 15 is 0 Å². The van der Waals surface area contributed by atoms with Gasteiger partial charge in [-0.1, -0.05) is 13.0 Å². The fourth-order valence-electron chi connectivity index (χ4n) is 1.60. The molecule has 0 aromatic carbocycles. The van der Waals surface area contributed by atoms with Crippen molar-refractivity contribution < 1.29 is 5.11 Å². The van der Waals surface area contributed by atoms with E-state index in [-0.39, 0.29) is 5.54 Å². The van der Waals surface area contributed by atoms with Crippen molar-refractivity contribution in [3.8, 4) is 0 Å². The van der Waals surface area contributed by atoms with Gasteiger partial charge in [-0.05, 0) is 40.2 Å². The predicted molar refractivity (Wildman–Crippen MR) is 67.6 cm³/mol. The van der Waals surface area contributed by atoms with Gasteiger partial charge in [-0.25, -0.2) is 4.98 Å². The molecule has 0 aliphatic carbocycles. The van der Waals surface area contributed by atoms with Crippen LogP contribution in [0.2, 0.25) is 0 Å². The number of aliphatic hydroxyl groups excluding tert-OH is 1. The summed E-state index contributed by atoms with van der Waals surface area (Å²) in [7, 11) is 0. The van der Waals surface area contributed by atoms with Crippen molar-refractivity contribution in [2.24, 2.45) is 0 Å². The van der Waals surface area contributed by atoms with Crippen molar-refractivity contribution in [3.63, 3.8) is 0 Å². The molecule has 1 aromatic heterocycles. The van der Waals surface area contributed by atoms with E-state index in [9.17, 15) is 5.11 Å². The van der Waals surface area contributed by atoms with Crippen molar-refractivity contribution in [1.29, 1.82) is 0 Å². The number of aromatic nitrogens is 1. The third-order valence-electron chi connectivity index (χ3n) is 2.38. The van der Waals surface area contributed by atoms with Gasteiger partial charge in [0.15, 0.2) is 0 Å². The molecule has 0 amide bonds. The lowest BCUT2D eigenvalue weighted by molar-refractivity contribution is 0.172. The summed E-state index contributed by atoms with van der Waals surface area (Å²) in [5, 5.41) is 13.1. The van der Waals surface area contributed by atoms with Gasteiger partial charge in [-0.2, -0.15) is 0 Å². The highest BCUT2D eigenvalue weighted by Crippen LogP contribution is 2.21. The zero-order valence-corrected chi connectivity index (χ0v) is 10.8. The largest absolute Gasteiger partial charge is 0.388 e. The minimum Gasteiger partial charge on any atom is -0.388 e. The van der Waals surface area contributed by atoms with Crippen LogP contribution in [-0.2, 0) is 0 Å². The predicted octanol–water partition coefficient (Wildman–Crippen LogP) is 3.04. The molecule has 0 unspecified atom stereocenters. The van der Waals surface area contributed by atoms with E-state index in [1.165, 1.54) is 0 Å². The van der Waals surface area contributed by atoms with Crippen LogP contribution in [0.3, 0.4) is 0 Å². The maximum absolute atomic E-state index is 9.77. The Kier molecular flexibility index (Phi) is 3.92. The first kappa shape index (κ1) is 13.0. The Hall–Kier alpha value is -1.09.